The summed E-state index contributed by atoms with van der Waals surface area (Å²) in [4.78, 5) is 76.8. The molecule has 0 bridgehead atoms. The van der Waals surface area contributed by atoms with E-state index in [4.69, 9.17) is 27.4 Å². The lowest BCUT2D eigenvalue weighted by Crippen LogP contribution is -2.56. The normalized spacial score (nSPS) is 17.2. The minimum absolute atomic E-state index is 0.0312. The minimum atomic E-state index is -1.39. The molecular weight excluding hydrogens is 494 g/mol. The first-order valence-electron chi connectivity index (χ1n) is 11.7. The smallest absolute Gasteiger partial charge is 0.326 e. The van der Waals surface area contributed by atoms with E-state index in [9.17, 15) is 33.9 Å². The Morgan fingerprint density at radius 2 is 1.54 bits per heavy atom. The molecule has 4 atom stereocenters. The maximum absolute atomic E-state index is 13.0. The number of aliphatic imine (C=N–C) groups is 1. The van der Waals surface area contributed by atoms with Gasteiger partial charge in [-0.05, 0) is 38.5 Å². The second-order valence-corrected chi connectivity index (χ2v) is 8.57. The van der Waals surface area contributed by atoms with Crippen molar-refractivity contribution in [2.45, 2.75) is 75.5 Å². The molecule has 1 rings (SSSR count). The average molecular weight is 530 g/mol. The third kappa shape index (κ3) is 11.1. The number of likely N-dealkylation sites (tertiary alicyclic amines) is 1. The predicted octanol–water partition coefficient (Wildman–Crippen LogP) is -2.86. The number of hydrogen-bond acceptors (Lipinski definition) is 8. The summed E-state index contributed by atoms with van der Waals surface area (Å²) >= 11 is 0. The number of carboxylic acid groups (broad SMARTS) is 3. The third-order valence-corrected chi connectivity index (χ3v) is 5.66. The van der Waals surface area contributed by atoms with E-state index in [0.29, 0.717) is 6.42 Å². The fourth-order valence-electron chi connectivity index (χ4n) is 3.76. The highest BCUT2D eigenvalue weighted by Crippen LogP contribution is 2.19. The van der Waals surface area contributed by atoms with Crippen molar-refractivity contribution in [3.8, 4) is 0 Å². The van der Waals surface area contributed by atoms with Gasteiger partial charge in [-0.3, -0.25) is 29.0 Å². The SMILES string of the molecule is NC(N)=NCCCC(NC(=O)C(CCC(=O)O)NC(=O)C1CCCN1C(=O)C(N)CCC(=O)O)C(=O)O. The van der Waals surface area contributed by atoms with Crippen LogP contribution in [0.4, 0.5) is 0 Å². The molecule has 1 aliphatic rings. The van der Waals surface area contributed by atoms with Gasteiger partial charge in [-0.1, -0.05) is 0 Å². The highest BCUT2D eigenvalue weighted by Gasteiger charge is 2.38. The molecule has 0 radical (unpaired) electrons. The monoisotopic (exact) mass is 529 g/mol. The molecule has 16 heteroatoms. The fourth-order valence-corrected chi connectivity index (χ4v) is 3.76. The molecule has 1 heterocycles. The number of carbonyl (C=O) groups excluding carboxylic acids is 3. The molecule has 0 aromatic rings. The lowest BCUT2D eigenvalue weighted by atomic mass is 10.1. The lowest BCUT2D eigenvalue weighted by molar-refractivity contribution is -0.144. The molecular formula is C21H35N7O9. The van der Waals surface area contributed by atoms with Crippen LogP contribution in [0.5, 0.6) is 0 Å². The van der Waals surface area contributed by atoms with E-state index in [-0.39, 0.29) is 57.6 Å². The number of amides is 3. The molecule has 0 aromatic carbocycles. The molecule has 0 aromatic heterocycles. The van der Waals surface area contributed by atoms with Gasteiger partial charge in [0, 0.05) is 25.9 Å². The number of carbonyl (C=O) groups is 6. The first kappa shape index (κ1) is 31.1. The number of aliphatic carboxylic acids is 3. The van der Waals surface area contributed by atoms with Crippen LogP contribution >= 0.6 is 0 Å². The molecule has 1 saturated heterocycles. The van der Waals surface area contributed by atoms with E-state index in [2.05, 4.69) is 15.6 Å². The van der Waals surface area contributed by atoms with Crippen molar-refractivity contribution in [3.05, 3.63) is 0 Å². The van der Waals surface area contributed by atoms with Crippen LogP contribution < -0.4 is 27.8 Å². The molecule has 0 saturated carbocycles. The molecule has 4 unspecified atom stereocenters. The zero-order valence-electron chi connectivity index (χ0n) is 20.3. The van der Waals surface area contributed by atoms with Crippen molar-refractivity contribution in [2.75, 3.05) is 13.1 Å². The summed E-state index contributed by atoms with van der Waals surface area (Å²) in [5.74, 6) is -6.13. The van der Waals surface area contributed by atoms with Crippen LogP contribution in [0.3, 0.4) is 0 Å². The molecule has 3 amide bonds. The maximum Gasteiger partial charge on any atom is 0.326 e. The Morgan fingerprint density at radius 1 is 0.919 bits per heavy atom. The van der Waals surface area contributed by atoms with Crippen LogP contribution in [0.1, 0.15) is 51.4 Å². The number of nitrogens with two attached hydrogens (primary N) is 3. The molecule has 37 heavy (non-hydrogen) atoms. The first-order valence-corrected chi connectivity index (χ1v) is 11.7. The Kier molecular flexibility index (Phi) is 12.8. The van der Waals surface area contributed by atoms with Gasteiger partial charge in [0.1, 0.15) is 18.1 Å². The Morgan fingerprint density at radius 3 is 2.11 bits per heavy atom. The average Bonchev–Trinajstić information content (AvgIpc) is 3.30. The topological polar surface area (TPSA) is 281 Å². The molecule has 0 spiro atoms. The van der Waals surface area contributed by atoms with Crippen LogP contribution in [-0.4, -0.2) is 99.1 Å². The number of guanidine groups is 1. The van der Waals surface area contributed by atoms with E-state index in [0.717, 1.165) is 0 Å². The number of rotatable bonds is 16. The van der Waals surface area contributed by atoms with Gasteiger partial charge in [0.25, 0.3) is 0 Å². The van der Waals surface area contributed by atoms with Gasteiger partial charge in [0.05, 0.1) is 6.04 Å². The summed E-state index contributed by atoms with van der Waals surface area (Å²) in [7, 11) is 0. The van der Waals surface area contributed by atoms with Gasteiger partial charge >= 0.3 is 17.9 Å². The second-order valence-electron chi connectivity index (χ2n) is 8.57. The number of nitrogens with zero attached hydrogens (tertiary/aromatic N) is 2. The summed E-state index contributed by atoms with van der Waals surface area (Å²) < 4.78 is 0. The van der Waals surface area contributed by atoms with Gasteiger partial charge in [0.2, 0.25) is 17.7 Å². The number of nitrogens with one attached hydrogen (secondary N) is 2. The summed E-state index contributed by atoms with van der Waals surface area (Å²) in [6.45, 7) is 0.321. The number of hydrogen-bond donors (Lipinski definition) is 8. The van der Waals surface area contributed by atoms with E-state index in [1.807, 2.05) is 0 Å². The second kappa shape index (κ2) is 15.2. The van der Waals surface area contributed by atoms with Crippen LogP contribution in [0.25, 0.3) is 0 Å². The third-order valence-electron chi connectivity index (χ3n) is 5.66. The predicted molar refractivity (Wildman–Crippen MR) is 128 cm³/mol. The lowest BCUT2D eigenvalue weighted by Gasteiger charge is -2.28. The van der Waals surface area contributed by atoms with E-state index < -0.39 is 66.2 Å². The quantitative estimate of drug-likeness (QED) is 0.0569. The Balaban J connectivity index is 2.90. The molecule has 16 nitrogen and oxygen atoms in total. The zero-order chi connectivity index (χ0) is 28.1. The van der Waals surface area contributed by atoms with Crippen LogP contribution in [-0.2, 0) is 28.8 Å². The fraction of sp³-hybridized carbons (Fsp3) is 0.667. The maximum atomic E-state index is 13.0. The Labute approximate surface area is 212 Å². The van der Waals surface area contributed by atoms with Gasteiger partial charge in [-0.15, -0.1) is 0 Å². The van der Waals surface area contributed by atoms with E-state index >= 15 is 0 Å². The molecule has 208 valence electrons. The summed E-state index contributed by atoms with van der Waals surface area (Å²) in [5.41, 5.74) is 16.2. The van der Waals surface area contributed by atoms with Gasteiger partial charge in [-0.2, -0.15) is 0 Å². The van der Waals surface area contributed by atoms with Crippen molar-refractivity contribution >= 4 is 41.6 Å². The van der Waals surface area contributed by atoms with Crippen LogP contribution in [0.2, 0.25) is 0 Å². The molecule has 1 aliphatic heterocycles. The van der Waals surface area contributed by atoms with Gasteiger partial charge in [-0.25, -0.2) is 4.79 Å². The van der Waals surface area contributed by atoms with Crippen molar-refractivity contribution in [1.29, 1.82) is 0 Å². The Bertz CT molecular complexity index is 892. The molecule has 11 N–H and O–H groups in total. The van der Waals surface area contributed by atoms with E-state index in [1.54, 1.807) is 0 Å². The minimum Gasteiger partial charge on any atom is -0.481 e. The summed E-state index contributed by atoms with van der Waals surface area (Å²) in [5, 5.41) is 32.0. The van der Waals surface area contributed by atoms with Crippen molar-refractivity contribution in [3.63, 3.8) is 0 Å². The summed E-state index contributed by atoms with van der Waals surface area (Å²) in [6, 6.07) is -4.87. The van der Waals surface area contributed by atoms with Crippen LogP contribution in [0, 0.1) is 0 Å². The van der Waals surface area contributed by atoms with Crippen molar-refractivity contribution in [2.24, 2.45) is 22.2 Å². The van der Waals surface area contributed by atoms with E-state index in [1.165, 1.54) is 4.90 Å². The molecule has 1 fully saturated rings. The largest absolute Gasteiger partial charge is 0.481 e. The van der Waals surface area contributed by atoms with Gasteiger partial charge < -0.3 is 48.1 Å². The van der Waals surface area contributed by atoms with Crippen LogP contribution in [0.15, 0.2) is 4.99 Å². The number of carboxylic acids is 3. The standard InChI is InChI=1S/C21H35N7O9/c22-11(5-7-15(29)30)19(35)28-10-2-4-14(28)18(34)26-12(6-8-16(31)32)17(33)27-13(20(36)37)3-1-9-25-21(23)24/h11-14H,1-10,22H2,(H,26,34)(H,27,33)(H,29,30)(H,31,32)(H,36,37)(H4,23,24,25). The highest BCUT2D eigenvalue weighted by molar-refractivity contribution is 5.94. The zero-order valence-corrected chi connectivity index (χ0v) is 20.3. The van der Waals surface area contributed by atoms with Crippen molar-refractivity contribution < 1.29 is 44.1 Å². The van der Waals surface area contributed by atoms with Gasteiger partial charge in [0.15, 0.2) is 5.96 Å². The van der Waals surface area contributed by atoms with Crippen molar-refractivity contribution in [1.82, 2.24) is 15.5 Å². The highest BCUT2D eigenvalue weighted by atomic mass is 16.4. The first-order chi connectivity index (χ1) is 17.3. The summed E-state index contributed by atoms with van der Waals surface area (Å²) in [6.07, 6.45) is -0.370. The molecule has 0 aliphatic carbocycles. The Hall–Kier alpha value is -3.95.